The van der Waals surface area contributed by atoms with Crippen LogP contribution in [0.3, 0.4) is 0 Å². The molecule has 188 valence electrons. The Bertz CT molecular complexity index is 1470. The van der Waals surface area contributed by atoms with Gasteiger partial charge in [0, 0.05) is 33.8 Å². The zero-order valence-corrected chi connectivity index (χ0v) is 21.2. The van der Waals surface area contributed by atoms with Crippen LogP contribution in [-0.2, 0) is 11.4 Å². The number of non-ortho nitro benzene ring substituents is 1. The van der Waals surface area contributed by atoms with Crippen LogP contribution in [0.15, 0.2) is 82.5 Å². The van der Waals surface area contributed by atoms with Gasteiger partial charge in [0.1, 0.15) is 17.9 Å². The minimum Gasteiger partial charge on any atom is -0.493 e. The molecule has 4 aromatic rings. The zero-order valence-electron chi connectivity index (χ0n) is 19.6. The summed E-state index contributed by atoms with van der Waals surface area (Å²) in [7, 11) is 1.49. The van der Waals surface area contributed by atoms with E-state index in [-0.39, 0.29) is 18.9 Å². The van der Waals surface area contributed by atoms with Crippen molar-refractivity contribution < 1.29 is 23.9 Å². The minimum atomic E-state index is -0.458. The average molecular weight is 565 g/mol. The fraction of sp³-hybridized carbons (Fsp3) is 0.115. The number of halogens is 1. The van der Waals surface area contributed by atoms with E-state index in [0.29, 0.717) is 38.4 Å². The van der Waals surface area contributed by atoms with E-state index in [1.54, 1.807) is 36.5 Å². The number of carbonyl (C=O) groups is 1. The number of nitro benzene ring substituents is 1. The molecule has 0 saturated heterocycles. The molecular weight excluding hydrogens is 544 g/mol. The second-order valence-electron chi connectivity index (χ2n) is 7.65. The number of carbonyl (C=O) groups excluding carboxylic acids is 1. The van der Waals surface area contributed by atoms with Crippen LogP contribution in [0.5, 0.6) is 17.2 Å². The lowest BCUT2D eigenvalue weighted by molar-refractivity contribution is -0.384. The van der Waals surface area contributed by atoms with Crippen LogP contribution in [0.25, 0.3) is 10.9 Å². The maximum atomic E-state index is 12.2. The number of hydrogen-bond donors (Lipinski definition) is 1. The van der Waals surface area contributed by atoms with E-state index in [9.17, 15) is 14.9 Å². The number of aromatic nitrogens is 1. The summed E-state index contributed by atoms with van der Waals surface area (Å²) >= 11 is 3.46. The highest BCUT2D eigenvalue weighted by Gasteiger charge is 2.12. The third kappa shape index (κ3) is 6.58. The number of rotatable bonds is 10. The number of fused-ring (bicyclic) bond motifs is 1. The van der Waals surface area contributed by atoms with Crippen molar-refractivity contribution in [2.45, 2.75) is 6.61 Å². The smallest absolute Gasteiger partial charge is 0.277 e. The number of nitrogens with zero attached hydrogens (tertiary/aromatic N) is 3. The molecule has 1 heterocycles. The van der Waals surface area contributed by atoms with E-state index in [2.05, 4.69) is 31.4 Å². The van der Waals surface area contributed by atoms with Gasteiger partial charge in [0.05, 0.1) is 18.2 Å². The fourth-order valence-electron chi connectivity index (χ4n) is 3.39. The van der Waals surface area contributed by atoms with Gasteiger partial charge < -0.3 is 14.2 Å². The van der Waals surface area contributed by atoms with Crippen LogP contribution in [0.4, 0.5) is 5.69 Å². The lowest BCUT2D eigenvalue weighted by atomic mass is 10.2. The molecule has 0 aliphatic carbocycles. The van der Waals surface area contributed by atoms with E-state index >= 15 is 0 Å². The van der Waals surface area contributed by atoms with Crippen molar-refractivity contribution in [3.05, 3.63) is 98.6 Å². The van der Waals surface area contributed by atoms with Gasteiger partial charge in [0.25, 0.3) is 11.6 Å². The molecule has 0 unspecified atom stereocenters. The predicted octanol–water partition coefficient (Wildman–Crippen LogP) is 5.02. The first-order valence-corrected chi connectivity index (χ1v) is 11.8. The van der Waals surface area contributed by atoms with Crippen molar-refractivity contribution in [1.82, 2.24) is 10.4 Å². The van der Waals surface area contributed by atoms with Gasteiger partial charge in [0.2, 0.25) is 0 Å². The summed E-state index contributed by atoms with van der Waals surface area (Å²) in [6.45, 7) is -0.123. The average Bonchev–Trinajstić information content (AvgIpc) is 2.91. The largest absolute Gasteiger partial charge is 0.493 e. The van der Waals surface area contributed by atoms with E-state index in [1.807, 2.05) is 24.3 Å². The predicted molar refractivity (Wildman–Crippen MR) is 141 cm³/mol. The first-order valence-electron chi connectivity index (χ1n) is 11.0. The highest BCUT2D eigenvalue weighted by molar-refractivity contribution is 9.10. The molecule has 1 amide bonds. The summed E-state index contributed by atoms with van der Waals surface area (Å²) in [6, 6.07) is 18.8. The van der Waals surface area contributed by atoms with Crippen LogP contribution in [0.2, 0.25) is 0 Å². The summed E-state index contributed by atoms with van der Waals surface area (Å²) in [6.07, 6.45) is 3.12. The first-order chi connectivity index (χ1) is 17.9. The number of hydrazone groups is 1. The Labute approximate surface area is 220 Å². The number of methoxy groups -OCH3 is 1. The number of amides is 1. The molecule has 10 nitrogen and oxygen atoms in total. The number of nitro groups is 1. The third-order valence-electron chi connectivity index (χ3n) is 5.15. The van der Waals surface area contributed by atoms with Crippen molar-refractivity contribution in [2.24, 2.45) is 5.10 Å². The second kappa shape index (κ2) is 12.0. The van der Waals surface area contributed by atoms with Crippen molar-refractivity contribution >= 4 is 44.6 Å². The first kappa shape index (κ1) is 25.6. The fourth-order valence-corrected chi connectivity index (χ4v) is 3.81. The van der Waals surface area contributed by atoms with Gasteiger partial charge >= 0.3 is 0 Å². The number of hydrogen-bond acceptors (Lipinski definition) is 8. The standard InChI is InChI=1S/C26H21BrN4O6/c1-35-23-12-19(21(27)13-24(23)36-15-17-5-2-8-20(11-17)31(33)34)14-29-30-25(32)16-37-22-9-3-6-18-7-4-10-28-26(18)22/h2-14H,15-16H2,1H3,(H,30,32)/b29-14+. The maximum absolute atomic E-state index is 12.2. The second-order valence-corrected chi connectivity index (χ2v) is 8.51. The van der Waals surface area contributed by atoms with E-state index in [0.717, 1.165) is 5.39 Å². The molecule has 11 heteroatoms. The van der Waals surface area contributed by atoms with Crippen molar-refractivity contribution in [3.63, 3.8) is 0 Å². The van der Waals surface area contributed by atoms with Gasteiger partial charge in [-0.1, -0.05) is 30.3 Å². The molecule has 0 atom stereocenters. The molecule has 0 fully saturated rings. The number of para-hydroxylation sites is 1. The van der Waals surface area contributed by atoms with Gasteiger partial charge in [-0.2, -0.15) is 5.10 Å². The van der Waals surface area contributed by atoms with Gasteiger partial charge in [-0.3, -0.25) is 19.9 Å². The summed E-state index contributed by atoms with van der Waals surface area (Å²) in [4.78, 5) is 27.0. The molecule has 1 aromatic heterocycles. The Balaban J connectivity index is 1.36. The summed E-state index contributed by atoms with van der Waals surface area (Å²) < 4.78 is 17.5. The number of nitrogens with one attached hydrogen (secondary N) is 1. The van der Waals surface area contributed by atoms with Crippen LogP contribution in [0.1, 0.15) is 11.1 Å². The Morgan fingerprint density at radius 3 is 2.70 bits per heavy atom. The van der Waals surface area contributed by atoms with Gasteiger partial charge in [-0.25, -0.2) is 5.43 Å². The Morgan fingerprint density at radius 1 is 1.08 bits per heavy atom. The lowest BCUT2D eigenvalue weighted by Crippen LogP contribution is -2.24. The quantitative estimate of drug-likeness (QED) is 0.163. The summed E-state index contributed by atoms with van der Waals surface area (Å²) in [5, 5.41) is 15.9. The SMILES string of the molecule is COc1cc(/C=N/NC(=O)COc2cccc3cccnc23)c(Br)cc1OCc1cccc([N+](=O)[O-])c1. The summed E-state index contributed by atoms with van der Waals surface area (Å²) in [5.41, 5.74) is 4.35. The monoisotopic (exact) mass is 564 g/mol. The Hall–Kier alpha value is -4.51. The number of benzene rings is 3. The van der Waals surface area contributed by atoms with Crippen LogP contribution in [-0.4, -0.2) is 35.7 Å². The molecule has 0 aliphatic rings. The number of pyridine rings is 1. The molecule has 37 heavy (non-hydrogen) atoms. The molecule has 3 aromatic carbocycles. The van der Waals surface area contributed by atoms with E-state index in [4.69, 9.17) is 14.2 Å². The molecule has 0 aliphatic heterocycles. The van der Waals surface area contributed by atoms with Crippen molar-refractivity contribution in [3.8, 4) is 17.2 Å². The molecule has 0 radical (unpaired) electrons. The molecule has 1 N–H and O–H groups in total. The Kier molecular flexibility index (Phi) is 8.26. The minimum absolute atomic E-state index is 0.0120. The van der Waals surface area contributed by atoms with Gasteiger partial charge in [0.15, 0.2) is 18.1 Å². The molecule has 0 spiro atoms. The van der Waals surface area contributed by atoms with Gasteiger partial charge in [-0.05, 0) is 45.8 Å². The molecule has 0 bridgehead atoms. The van der Waals surface area contributed by atoms with Gasteiger partial charge in [-0.15, -0.1) is 0 Å². The van der Waals surface area contributed by atoms with Crippen molar-refractivity contribution in [2.75, 3.05) is 13.7 Å². The zero-order chi connectivity index (χ0) is 26.2. The van der Waals surface area contributed by atoms with Crippen LogP contribution in [0, 0.1) is 10.1 Å². The third-order valence-corrected chi connectivity index (χ3v) is 5.83. The summed E-state index contributed by atoms with van der Waals surface area (Å²) in [5.74, 6) is 0.918. The highest BCUT2D eigenvalue weighted by Crippen LogP contribution is 2.33. The van der Waals surface area contributed by atoms with Crippen LogP contribution < -0.4 is 19.6 Å². The lowest BCUT2D eigenvalue weighted by Gasteiger charge is -2.13. The normalized spacial score (nSPS) is 10.9. The number of ether oxygens (including phenoxy) is 3. The topological polar surface area (TPSA) is 125 Å². The van der Waals surface area contributed by atoms with E-state index < -0.39 is 10.8 Å². The van der Waals surface area contributed by atoms with E-state index in [1.165, 1.54) is 25.5 Å². The maximum Gasteiger partial charge on any atom is 0.277 e. The Morgan fingerprint density at radius 2 is 1.89 bits per heavy atom. The molecule has 0 saturated carbocycles. The molecule has 4 rings (SSSR count). The molecular formula is C26H21BrN4O6. The van der Waals surface area contributed by atoms with Crippen molar-refractivity contribution in [1.29, 1.82) is 0 Å². The van der Waals surface area contributed by atoms with Crippen LogP contribution >= 0.6 is 15.9 Å². The highest BCUT2D eigenvalue weighted by atomic mass is 79.9.